The largest absolute Gasteiger partial charge is 0.324 e. The topological polar surface area (TPSA) is 26.0 Å². The zero-order chi connectivity index (χ0) is 8.97. The van der Waals surface area contributed by atoms with Gasteiger partial charge in [0.25, 0.3) is 0 Å². The Morgan fingerprint density at radius 3 is 3.08 bits per heavy atom. The molecule has 1 heteroatoms. The van der Waals surface area contributed by atoms with Gasteiger partial charge in [0.15, 0.2) is 0 Å². The number of hydrogen-bond donors (Lipinski definition) is 1. The second kappa shape index (κ2) is 4.46. The molecule has 1 aliphatic carbocycles. The van der Waals surface area contributed by atoms with Crippen molar-refractivity contribution in [3.05, 3.63) is 23.8 Å². The van der Waals surface area contributed by atoms with Crippen molar-refractivity contribution in [3.8, 4) is 0 Å². The fraction of sp³-hybridized carbons (Fsp3) is 0.636. The fourth-order valence-electron chi connectivity index (χ4n) is 1.74. The third kappa shape index (κ3) is 3.22. The highest BCUT2D eigenvalue weighted by Crippen LogP contribution is 2.21. The predicted octanol–water partition coefficient (Wildman–Crippen LogP) is 2.78. The molecule has 12 heavy (non-hydrogen) atoms. The average Bonchev–Trinajstić information content (AvgIpc) is 2.12. The number of allylic oxidation sites excluding steroid dienone is 2. The van der Waals surface area contributed by atoms with Crippen LogP contribution in [0.3, 0.4) is 0 Å². The van der Waals surface area contributed by atoms with E-state index in [1.807, 2.05) is 0 Å². The van der Waals surface area contributed by atoms with Crippen LogP contribution in [0.4, 0.5) is 0 Å². The molecule has 0 aromatic heterocycles. The van der Waals surface area contributed by atoms with Crippen molar-refractivity contribution in [3.63, 3.8) is 0 Å². The summed E-state index contributed by atoms with van der Waals surface area (Å²) in [5.41, 5.74) is 8.63. The van der Waals surface area contributed by atoms with Gasteiger partial charge in [0.2, 0.25) is 0 Å². The molecule has 2 N–H and O–H groups in total. The minimum absolute atomic E-state index is 0.293. The number of rotatable bonds is 2. The molecule has 0 bridgehead atoms. The molecule has 1 unspecified atom stereocenters. The van der Waals surface area contributed by atoms with Crippen LogP contribution in [0.15, 0.2) is 23.8 Å². The van der Waals surface area contributed by atoms with E-state index in [0.29, 0.717) is 6.04 Å². The maximum Gasteiger partial charge on any atom is 0.0226 e. The minimum atomic E-state index is 0.293. The van der Waals surface area contributed by atoms with Crippen molar-refractivity contribution in [1.82, 2.24) is 0 Å². The zero-order valence-corrected chi connectivity index (χ0v) is 7.97. The van der Waals surface area contributed by atoms with E-state index in [2.05, 4.69) is 19.6 Å². The lowest BCUT2D eigenvalue weighted by Crippen LogP contribution is -2.15. The Morgan fingerprint density at radius 1 is 1.67 bits per heavy atom. The van der Waals surface area contributed by atoms with Crippen LogP contribution in [0.25, 0.3) is 0 Å². The Kier molecular flexibility index (Phi) is 3.54. The Balaban J connectivity index is 2.53. The van der Waals surface area contributed by atoms with E-state index in [0.717, 1.165) is 12.8 Å². The highest BCUT2D eigenvalue weighted by Gasteiger charge is 2.07. The van der Waals surface area contributed by atoms with Gasteiger partial charge in [-0.05, 0) is 32.6 Å². The summed E-state index contributed by atoms with van der Waals surface area (Å²) in [6, 6.07) is 0.293. The maximum absolute atomic E-state index is 5.89. The Morgan fingerprint density at radius 2 is 2.42 bits per heavy atom. The summed E-state index contributed by atoms with van der Waals surface area (Å²) in [5.74, 6) is 0. The molecule has 0 amide bonds. The molecule has 1 aliphatic rings. The van der Waals surface area contributed by atoms with Gasteiger partial charge in [0.05, 0.1) is 0 Å². The maximum atomic E-state index is 5.89. The first kappa shape index (κ1) is 9.53. The van der Waals surface area contributed by atoms with Gasteiger partial charge < -0.3 is 5.73 Å². The van der Waals surface area contributed by atoms with Gasteiger partial charge in [-0.3, -0.25) is 0 Å². The zero-order valence-electron chi connectivity index (χ0n) is 7.97. The van der Waals surface area contributed by atoms with Gasteiger partial charge in [-0.2, -0.15) is 0 Å². The molecule has 68 valence electrons. The van der Waals surface area contributed by atoms with Crippen molar-refractivity contribution >= 4 is 0 Å². The molecule has 1 atom stereocenters. The van der Waals surface area contributed by atoms with Crippen LogP contribution in [0.1, 0.15) is 39.0 Å². The van der Waals surface area contributed by atoms with Crippen molar-refractivity contribution in [1.29, 1.82) is 0 Å². The summed E-state index contributed by atoms with van der Waals surface area (Å²) in [5, 5.41) is 0. The molecule has 0 aliphatic heterocycles. The van der Waals surface area contributed by atoms with Crippen molar-refractivity contribution in [2.75, 3.05) is 0 Å². The summed E-state index contributed by atoms with van der Waals surface area (Å²) in [6.45, 7) is 6.00. The second-order valence-electron chi connectivity index (χ2n) is 3.87. The van der Waals surface area contributed by atoms with E-state index >= 15 is 0 Å². The highest BCUT2D eigenvalue weighted by atomic mass is 14.6. The van der Waals surface area contributed by atoms with E-state index in [1.54, 1.807) is 0 Å². The average molecular weight is 165 g/mol. The SMILES string of the molecule is C=C(C)CC1=CC(N)CCCC1. The van der Waals surface area contributed by atoms with E-state index in [9.17, 15) is 0 Å². The first-order valence-electron chi connectivity index (χ1n) is 4.78. The predicted molar refractivity (Wildman–Crippen MR) is 54.0 cm³/mol. The third-order valence-corrected chi connectivity index (χ3v) is 2.26. The molecule has 0 aromatic carbocycles. The minimum Gasteiger partial charge on any atom is -0.324 e. The molecule has 0 heterocycles. The summed E-state index contributed by atoms with van der Waals surface area (Å²) in [4.78, 5) is 0. The van der Waals surface area contributed by atoms with Crippen LogP contribution in [-0.4, -0.2) is 6.04 Å². The highest BCUT2D eigenvalue weighted by molar-refractivity contribution is 5.15. The van der Waals surface area contributed by atoms with Crippen LogP contribution in [0, 0.1) is 0 Å². The molecule has 0 spiro atoms. The van der Waals surface area contributed by atoms with Crippen LogP contribution in [-0.2, 0) is 0 Å². The van der Waals surface area contributed by atoms with Gasteiger partial charge in [0, 0.05) is 6.04 Å². The first-order chi connectivity index (χ1) is 5.68. The fourth-order valence-corrected chi connectivity index (χ4v) is 1.74. The molecular formula is C11H19N. The lowest BCUT2D eigenvalue weighted by Gasteiger charge is -2.05. The molecule has 1 nitrogen and oxygen atoms in total. The lowest BCUT2D eigenvalue weighted by molar-refractivity contribution is 0.654. The summed E-state index contributed by atoms with van der Waals surface area (Å²) >= 11 is 0. The molecule has 0 radical (unpaired) electrons. The molecule has 1 rings (SSSR count). The molecule has 0 saturated carbocycles. The van der Waals surface area contributed by atoms with Gasteiger partial charge in [-0.25, -0.2) is 0 Å². The molecule has 0 aromatic rings. The van der Waals surface area contributed by atoms with E-state index < -0.39 is 0 Å². The van der Waals surface area contributed by atoms with Gasteiger partial charge in [-0.1, -0.05) is 30.2 Å². The van der Waals surface area contributed by atoms with E-state index in [-0.39, 0.29) is 0 Å². The van der Waals surface area contributed by atoms with Crippen molar-refractivity contribution in [2.24, 2.45) is 5.73 Å². The smallest absolute Gasteiger partial charge is 0.0226 e. The number of nitrogens with two attached hydrogens (primary N) is 1. The van der Waals surface area contributed by atoms with Gasteiger partial charge in [0.1, 0.15) is 0 Å². The first-order valence-corrected chi connectivity index (χ1v) is 4.78. The molecular weight excluding hydrogens is 146 g/mol. The molecule has 0 saturated heterocycles. The van der Waals surface area contributed by atoms with Crippen LogP contribution >= 0.6 is 0 Å². The molecule has 0 fully saturated rings. The standard InChI is InChI=1S/C11H19N/c1-9(2)7-10-5-3-4-6-11(12)8-10/h8,11H,1,3-7,12H2,2H3. The Bertz CT molecular complexity index is 191. The van der Waals surface area contributed by atoms with Crippen LogP contribution in [0.2, 0.25) is 0 Å². The monoisotopic (exact) mass is 165 g/mol. The van der Waals surface area contributed by atoms with Crippen LogP contribution < -0.4 is 5.73 Å². The van der Waals surface area contributed by atoms with Gasteiger partial charge in [-0.15, -0.1) is 0 Å². The summed E-state index contributed by atoms with van der Waals surface area (Å²) < 4.78 is 0. The van der Waals surface area contributed by atoms with Crippen LogP contribution in [0.5, 0.6) is 0 Å². The second-order valence-corrected chi connectivity index (χ2v) is 3.87. The Hall–Kier alpha value is -0.560. The Labute approximate surface area is 75.3 Å². The van der Waals surface area contributed by atoms with E-state index in [4.69, 9.17) is 5.73 Å². The van der Waals surface area contributed by atoms with Crippen molar-refractivity contribution in [2.45, 2.75) is 45.1 Å². The van der Waals surface area contributed by atoms with Crippen molar-refractivity contribution < 1.29 is 0 Å². The summed E-state index contributed by atoms with van der Waals surface area (Å²) in [6.07, 6.45) is 8.24. The van der Waals surface area contributed by atoms with E-state index in [1.165, 1.54) is 30.4 Å². The summed E-state index contributed by atoms with van der Waals surface area (Å²) in [7, 11) is 0. The number of hydrogen-bond acceptors (Lipinski definition) is 1. The lowest BCUT2D eigenvalue weighted by atomic mass is 10.0. The normalized spacial score (nSPS) is 24.5. The quantitative estimate of drug-likeness (QED) is 0.626. The third-order valence-electron chi connectivity index (χ3n) is 2.26. The van der Waals surface area contributed by atoms with Gasteiger partial charge >= 0.3 is 0 Å².